The van der Waals surface area contributed by atoms with Gasteiger partial charge in [-0.05, 0) is 18.6 Å². The summed E-state index contributed by atoms with van der Waals surface area (Å²) >= 11 is 1.18. The van der Waals surface area contributed by atoms with Crippen molar-refractivity contribution in [2.75, 3.05) is 17.4 Å². The normalized spacial score (nSPS) is 11.2. The molecule has 130 valence electrons. The summed E-state index contributed by atoms with van der Waals surface area (Å²) in [7, 11) is -3.83. The van der Waals surface area contributed by atoms with Crippen LogP contribution >= 0.6 is 11.3 Å². The van der Waals surface area contributed by atoms with Crippen LogP contribution in [0.5, 0.6) is 0 Å². The van der Waals surface area contributed by atoms with Crippen molar-refractivity contribution < 1.29 is 13.2 Å². The van der Waals surface area contributed by atoms with E-state index in [1.165, 1.54) is 29.7 Å². The molecule has 2 rings (SSSR count). The molecule has 0 fully saturated rings. The third-order valence-electron chi connectivity index (χ3n) is 3.35. The van der Waals surface area contributed by atoms with E-state index < -0.39 is 10.0 Å². The average molecular weight is 367 g/mol. The Kier molecular flexibility index (Phi) is 6.74. The molecule has 1 aromatic carbocycles. The summed E-state index contributed by atoms with van der Waals surface area (Å²) in [5.41, 5.74) is 0. The predicted molar refractivity (Wildman–Crippen MR) is 95.6 cm³/mol. The molecule has 1 heterocycles. The number of rotatable bonds is 9. The van der Waals surface area contributed by atoms with Crippen molar-refractivity contribution in [2.24, 2.45) is 0 Å². The molecule has 1 amide bonds. The number of nitrogens with zero attached hydrogens (tertiary/aromatic N) is 2. The van der Waals surface area contributed by atoms with E-state index in [0.29, 0.717) is 6.54 Å². The first kappa shape index (κ1) is 18.4. The van der Waals surface area contributed by atoms with Crippen molar-refractivity contribution in [1.82, 2.24) is 10.3 Å². The van der Waals surface area contributed by atoms with Gasteiger partial charge in [-0.25, -0.2) is 17.7 Å². The standard InChI is InChI=1S/C16H21N3O3S2/c1-2-3-7-10-17-15(20)13-19(16-18-11-12-23-16)24(21,22)14-8-5-4-6-9-14/h4-6,8-9,11-12H,2-3,7,10,13H2,1H3,(H,17,20). The molecule has 6 nitrogen and oxygen atoms in total. The highest BCUT2D eigenvalue weighted by molar-refractivity contribution is 7.93. The fourth-order valence-electron chi connectivity index (χ4n) is 2.10. The van der Waals surface area contributed by atoms with Gasteiger partial charge >= 0.3 is 0 Å². The summed E-state index contributed by atoms with van der Waals surface area (Å²) in [5.74, 6) is -0.333. The van der Waals surface area contributed by atoms with Crippen LogP contribution in [-0.2, 0) is 14.8 Å². The van der Waals surface area contributed by atoms with Gasteiger partial charge in [0.2, 0.25) is 5.91 Å². The number of carbonyl (C=O) groups excluding carboxylic acids is 1. The molecule has 1 N–H and O–H groups in total. The molecular weight excluding hydrogens is 346 g/mol. The zero-order valence-electron chi connectivity index (χ0n) is 13.5. The van der Waals surface area contributed by atoms with Gasteiger partial charge in [-0.15, -0.1) is 11.3 Å². The van der Waals surface area contributed by atoms with Crippen LogP contribution in [-0.4, -0.2) is 32.4 Å². The van der Waals surface area contributed by atoms with Crippen LogP contribution in [0.3, 0.4) is 0 Å². The topological polar surface area (TPSA) is 79.4 Å². The Morgan fingerprint density at radius 2 is 2.00 bits per heavy atom. The van der Waals surface area contributed by atoms with E-state index in [-0.39, 0.29) is 22.5 Å². The molecule has 0 spiro atoms. The Morgan fingerprint density at radius 3 is 2.62 bits per heavy atom. The molecule has 0 atom stereocenters. The van der Waals surface area contributed by atoms with Crippen LogP contribution in [0.2, 0.25) is 0 Å². The first-order valence-corrected chi connectivity index (χ1v) is 10.1. The highest BCUT2D eigenvalue weighted by atomic mass is 32.2. The molecule has 0 saturated heterocycles. The number of anilines is 1. The second kappa shape index (κ2) is 8.79. The second-order valence-corrected chi connectivity index (χ2v) is 7.93. The van der Waals surface area contributed by atoms with Crippen molar-refractivity contribution >= 4 is 32.4 Å². The van der Waals surface area contributed by atoms with E-state index in [9.17, 15) is 13.2 Å². The van der Waals surface area contributed by atoms with Crippen LogP contribution in [0.1, 0.15) is 26.2 Å². The summed E-state index contributed by atoms with van der Waals surface area (Å²) < 4.78 is 26.8. The number of sulfonamides is 1. The van der Waals surface area contributed by atoms with Gasteiger partial charge in [0.25, 0.3) is 10.0 Å². The van der Waals surface area contributed by atoms with Crippen molar-refractivity contribution in [3.63, 3.8) is 0 Å². The van der Waals surface area contributed by atoms with E-state index in [0.717, 1.165) is 23.6 Å². The van der Waals surface area contributed by atoms with Crippen molar-refractivity contribution in [2.45, 2.75) is 31.1 Å². The Morgan fingerprint density at radius 1 is 1.25 bits per heavy atom. The molecule has 0 saturated carbocycles. The molecule has 0 radical (unpaired) electrons. The molecular formula is C16H21N3O3S2. The van der Waals surface area contributed by atoms with Gasteiger partial charge in [0.1, 0.15) is 6.54 Å². The summed E-state index contributed by atoms with van der Waals surface area (Å²) in [6.45, 7) is 2.35. The quantitative estimate of drug-likeness (QED) is 0.691. The van der Waals surface area contributed by atoms with Crippen LogP contribution in [0.15, 0.2) is 46.8 Å². The molecule has 0 aliphatic heterocycles. The fraction of sp³-hybridized carbons (Fsp3) is 0.375. The number of carbonyl (C=O) groups is 1. The summed E-state index contributed by atoms with van der Waals surface area (Å²) in [6, 6.07) is 8.06. The predicted octanol–water partition coefficient (Wildman–Crippen LogP) is 2.64. The van der Waals surface area contributed by atoms with Crippen LogP contribution < -0.4 is 9.62 Å². The summed E-state index contributed by atoms with van der Waals surface area (Å²) in [5, 5.41) is 4.73. The number of unbranched alkanes of at least 4 members (excludes halogenated alkanes) is 2. The second-order valence-electron chi connectivity index (χ2n) is 5.20. The number of aromatic nitrogens is 1. The Labute approximate surface area is 146 Å². The number of nitrogens with one attached hydrogen (secondary N) is 1. The van der Waals surface area contributed by atoms with Crippen LogP contribution in [0.25, 0.3) is 0 Å². The lowest BCUT2D eigenvalue weighted by atomic mass is 10.2. The SMILES string of the molecule is CCCCCNC(=O)CN(c1nccs1)S(=O)(=O)c1ccccc1. The van der Waals surface area contributed by atoms with Gasteiger partial charge < -0.3 is 5.32 Å². The third-order valence-corrected chi connectivity index (χ3v) is 6.01. The maximum absolute atomic E-state index is 12.9. The minimum Gasteiger partial charge on any atom is -0.355 e. The molecule has 8 heteroatoms. The molecule has 0 unspecified atom stereocenters. The van der Waals surface area contributed by atoms with Gasteiger partial charge in [-0.2, -0.15) is 0 Å². The summed E-state index contributed by atoms with van der Waals surface area (Å²) in [6.07, 6.45) is 4.49. The van der Waals surface area contributed by atoms with E-state index in [2.05, 4.69) is 17.2 Å². The molecule has 24 heavy (non-hydrogen) atoms. The maximum atomic E-state index is 12.9. The molecule has 1 aromatic heterocycles. The van der Waals surface area contributed by atoms with E-state index in [1.54, 1.807) is 23.6 Å². The van der Waals surface area contributed by atoms with E-state index in [4.69, 9.17) is 0 Å². The summed E-state index contributed by atoms with van der Waals surface area (Å²) in [4.78, 5) is 16.3. The Hall–Kier alpha value is -1.93. The highest BCUT2D eigenvalue weighted by Crippen LogP contribution is 2.25. The zero-order chi connectivity index (χ0) is 17.4. The number of hydrogen-bond donors (Lipinski definition) is 1. The molecule has 2 aromatic rings. The number of hydrogen-bond acceptors (Lipinski definition) is 5. The van der Waals surface area contributed by atoms with E-state index >= 15 is 0 Å². The van der Waals surface area contributed by atoms with Crippen molar-refractivity contribution in [3.8, 4) is 0 Å². The molecule has 0 bridgehead atoms. The van der Waals surface area contributed by atoms with Gasteiger partial charge in [0, 0.05) is 18.1 Å². The van der Waals surface area contributed by atoms with Gasteiger partial charge in [-0.1, -0.05) is 38.0 Å². The fourth-order valence-corrected chi connectivity index (χ4v) is 4.37. The van der Waals surface area contributed by atoms with Gasteiger partial charge in [0.15, 0.2) is 5.13 Å². The lowest BCUT2D eigenvalue weighted by molar-refractivity contribution is -0.119. The lowest BCUT2D eigenvalue weighted by Gasteiger charge is -2.21. The smallest absolute Gasteiger partial charge is 0.266 e. The first-order chi connectivity index (χ1) is 11.6. The molecule has 0 aliphatic carbocycles. The van der Waals surface area contributed by atoms with Gasteiger partial charge in [-0.3, -0.25) is 4.79 Å². The Balaban J connectivity index is 2.16. The average Bonchev–Trinajstić information content (AvgIpc) is 3.11. The monoisotopic (exact) mass is 367 g/mol. The van der Waals surface area contributed by atoms with Crippen molar-refractivity contribution in [3.05, 3.63) is 41.9 Å². The first-order valence-electron chi connectivity index (χ1n) is 7.79. The number of amides is 1. The minimum atomic E-state index is -3.83. The zero-order valence-corrected chi connectivity index (χ0v) is 15.1. The van der Waals surface area contributed by atoms with Crippen LogP contribution in [0, 0.1) is 0 Å². The van der Waals surface area contributed by atoms with Crippen molar-refractivity contribution in [1.29, 1.82) is 0 Å². The van der Waals surface area contributed by atoms with Crippen LogP contribution in [0.4, 0.5) is 5.13 Å². The lowest BCUT2D eigenvalue weighted by Crippen LogP contribution is -2.41. The number of thiazole rings is 1. The minimum absolute atomic E-state index is 0.138. The molecule has 0 aliphatic rings. The highest BCUT2D eigenvalue weighted by Gasteiger charge is 2.28. The number of benzene rings is 1. The maximum Gasteiger partial charge on any atom is 0.266 e. The Bertz CT molecular complexity index is 731. The third kappa shape index (κ3) is 4.78. The largest absolute Gasteiger partial charge is 0.355 e. The van der Waals surface area contributed by atoms with E-state index in [1.807, 2.05) is 0 Å². The van der Waals surface area contributed by atoms with Gasteiger partial charge in [0.05, 0.1) is 4.90 Å².